The molecule has 2 amide bonds. The van der Waals surface area contributed by atoms with Crippen molar-refractivity contribution >= 4 is 17.5 Å². The maximum atomic E-state index is 11.8. The van der Waals surface area contributed by atoms with E-state index in [0.717, 1.165) is 11.3 Å². The van der Waals surface area contributed by atoms with Crippen molar-refractivity contribution in [3.8, 4) is 0 Å². The summed E-state index contributed by atoms with van der Waals surface area (Å²) in [5.74, 6) is -0.426. The molecule has 2 rings (SSSR count). The molecule has 1 aliphatic heterocycles. The second-order valence-corrected chi connectivity index (χ2v) is 4.60. The van der Waals surface area contributed by atoms with E-state index in [0.29, 0.717) is 13.1 Å². The van der Waals surface area contributed by atoms with E-state index < -0.39 is 6.04 Å². The van der Waals surface area contributed by atoms with Gasteiger partial charge in [0.25, 0.3) is 0 Å². The first kappa shape index (κ1) is 14.2. The summed E-state index contributed by atoms with van der Waals surface area (Å²) in [6, 6.07) is 9.10. The van der Waals surface area contributed by atoms with Crippen LogP contribution in [0.2, 0.25) is 0 Å². The smallest absolute Gasteiger partial charge is 0.242 e. The molecule has 1 heterocycles. The number of piperazine rings is 1. The van der Waals surface area contributed by atoms with E-state index >= 15 is 0 Å². The molecule has 0 spiro atoms. The Morgan fingerprint density at radius 3 is 2.80 bits per heavy atom. The number of carbonyl (C=O) groups is 2. The summed E-state index contributed by atoms with van der Waals surface area (Å²) < 4.78 is 0. The van der Waals surface area contributed by atoms with Crippen molar-refractivity contribution in [2.45, 2.75) is 19.4 Å². The number of amides is 2. The van der Waals surface area contributed by atoms with Crippen molar-refractivity contribution < 1.29 is 9.59 Å². The molecule has 1 atom stereocenters. The minimum Gasteiger partial charge on any atom is -0.353 e. The highest BCUT2D eigenvalue weighted by Crippen LogP contribution is 2.00. The normalized spacial score (nSPS) is 19.4. The molecule has 0 saturated carbocycles. The molecule has 6 heteroatoms. The molecule has 0 radical (unpaired) electrons. The van der Waals surface area contributed by atoms with Crippen molar-refractivity contribution in [1.29, 1.82) is 0 Å². The van der Waals surface area contributed by atoms with Gasteiger partial charge in [0.1, 0.15) is 0 Å². The summed E-state index contributed by atoms with van der Waals surface area (Å²) in [5, 5.41) is 9.75. The summed E-state index contributed by atoms with van der Waals surface area (Å²) in [7, 11) is 0. The van der Waals surface area contributed by atoms with Crippen molar-refractivity contribution in [3.63, 3.8) is 0 Å². The van der Waals surface area contributed by atoms with Crippen LogP contribution in [-0.2, 0) is 9.59 Å². The Kier molecular flexibility index (Phi) is 4.84. The summed E-state index contributed by atoms with van der Waals surface area (Å²) in [4.78, 5) is 23.3. The van der Waals surface area contributed by atoms with Gasteiger partial charge in [-0.15, -0.1) is 0 Å². The van der Waals surface area contributed by atoms with Crippen LogP contribution in [0.5, 0.6) is 0 Å². The largest absolute Gasteiger partial charge is 0.353 e. The number of hydrogen-bond acceptors (Lipinski definition) is 4. The van der Waals surface area contributed by atoms with Gasteiger partial charge in [-0.1, -0.05) is 30.3 Å². The van der Waals surface area contributed by atoms with Crippen LogP contribution in [0.25, 0.3) is 0 Å². The highest BCUT2D eigenvalue weighted by molar-refractivity contribution is 5.99. The number of nitrogens with zero attached hydrogens (tertiary/aromatic N) is 1. The van der Waals surface area contributed by atoms with E-state index in [1.165, 1.54) is 0 Å². The number of nitrogens with one attached hydrogen (secondary N) is 3. The number of benzene rings is 1. The van der Waals surface area contributed by atoms with Gasteiger partial charge >= 0.3 is 0 Å². The zero-order valence-electron chi connectivity index (χ0n) is 11.3. The molecule has 20 heavy (non-hydrogen) atoms. The van der Waals surface area contributed by atoms with Crippen LogP contribution < -0.4 is 16.1 Å². The van der Waals surface area contributed by atoms with Gasteiger partial charge in [-0.05, 0) is 12.5 Å². The highest BCUT2D eigenvalue weighted by Gasteiger charge is 2.23. The van der Waals surface area contributed by atoms with E-state index in [2.05, 4.69) is 21.2 Å². The molecular formula is C14H18N4O2. The van der Waals surface area contributed by atoms with Crippen molar-refractivity contribution in [3.05, 3.63) is 35.9 Å². The van der Waals surface area contributed by atoms with E-state index in [1.54, 1.807) is 0 Å². The van der Waals surface area contributed by atoms with Crippen molar-refractivity contribution in [2.75, 3.05) is 13.1 Å². The summed E-state index contributed by atoms with van der Waals surface area (Å²) in [6.07, 6.45) is 0.0808. The van der Waals surface area contributed by atoms with Gasteiger partial charge in [0.2, 0.25) is 11.8 Å². The summed E-state index contributed by atoms with van der Waals surface area (Å²) in [6.45, 7) is 3.10. The number of rotatable bonds is 4. The maximum Gasteiger partial charge on any atom is 0.242 e. The molecule has 1 aromatic carbocycles. The molecule has 6 nitrogen and oxygen atoms in total. The number of hydrogen-bond donors (Lipinski definition) is 3. The van der Waals surface area contributed by atoms with Gasteiger partial charge in [0.05, 0.1) is 18.2 Å². The van der Waals surface area contributed by atoms with Crippen LogP contribution in [-0.4, -0.2) is 36.7 Å². The Bertz CT molecular complexity index is 513. The maximum absolute atomic E-state index is 11.8. The Hall–Kier alpha value is -2.21. The van der Waals surface area contributed by atoms with Crippen molar-refractivity contribution in [1.82, 2.24) is 16.1 Å². The lowest BCUT2D eigenvalue weighted by atomic mass is 10.1. The molecule has 1 aliphatic rings. The molecule has 1 aromatic rings. The van der Waals surface area contributed by atoms with Crippen LogP contribution in [0.4, 0.5) is 0 Å². The zero-order valence-corrected chi connectivity index (χ0v) is 11.3. The fourth-order valence-electron chi connectivity index (χ4n) is 1.93. The molecule has 3 N–H and O–H groups in total. The van der Waals surface area contributed by atoms with Crippen LogP contribution in [0.3, 0.4) is 0 Å². The fourth-order valence-corrected chi connectivity index (χ4v) is 1.93. The molecule has 0 aliphatic carbocycles. The predicted octanol–water partition coefficient (Wildman–Crippen LogP) is 0.00490. The van der Waals surface area contributed by atoms with Gasteiger partial charge < -0.3 is 10.6 Å². The number of hydrazone groups is 1. The third-order valence-electron chi connectivity index (χ3n) is 3.06. The second-order valence-electron chi connectivity index (χ2n) is 4.60. The minimum absolute atomic E-state index is 0.0808. The molecule has 1 saturated heterocycles. The van der Waals surface area contributed by atoms with E-state index in [-0.39, 0.29) is 18.2 Å². The lowest BCUT2D eigenvalue weighted by Gasteiger charge is -2.22. The van der Waals surface area contributed by atoms with Gasteiger partial charge in [0.15, 0.2) is 0 Å². The zero-order chi connectivity index (χ0) is 14.4. The topological polar surface area (TPSA) is 82.6 Å². The molecule has 106 valence electrons. The Morgan fingerprint density at radius 1 is 1.35 bits per heavy atom. The van der Waals surface area contributed by atoms with E-state index in [9.17, 15) is 9.59 Å². The van der Waals surface area contributed by atoms with Gasteiger partial charge in [-0.3, -0.25) is 9.59 Å². The molecule has 0 bridgehead atoms. The second kappa shape index (κ2) is 6.81. The van der Waals surface area contributed by atoms with Gasteiger partial charge in [-0.25, -0.2) is 5.43 Å². The SMILES string of the molecule is C/C(=N/NC(=O)CC1NCCNC1=O)c1ccccc1. The first-order valence-corrected chi connectivity index (χ1v) is 6.56. The van der Waals surface area contributed by atoms with Crippen LogP contribution >= 0.6 is 0 Å². The number of carbonyl (C=O) groups excluding carboxylic acids is 2. The van der Waals surface area contributed by atoms with Gasteiger partial charge in [0, 0.05) is 13.1 Å². The Morgan fingerprint density at radius 2 is 2.10 bits per heavy atom. The quantitative estimate of drug-likeness (QED) is 0.534. The van der Waals surface area contributed by atoms with Gasteiger partial charge in [-0.2, -0.15) is 5.10 Å². The minimum atomic E-state index is -0.476. The third kappa shape index (κ3) is 3.89. The van der Waals surface area contributed by atoms with Crippen LogP contribution in [0, 0.1) is 0 Å². The summed E-state index contributed by atoms with van der Waals surface area (Å²) in [5.41, 5.74) is 4.15. The van der Waals surface area contributed by atoms with Crippen LogP contribution in [0.15, 0.2) is 35.4 Å². The average molecular weight is 274 g/mol. The average Bonchev–Trinajstić information content (AvgIpc) is 2.48. The standard InChI is InChI=1S/C14H18N4O2/c1-10(11-5-3-2-4-6-11)17-18-13(19)9-12-14(20)16-8-7-15-12/h2-6,12,15H,7-9H2,1H3,(H,16,20)(H,18,19)/b17-10-. The Labute approximate surface area is 117 Å². The first-order chi connectivity index (χ1) is 9.66. The monoisotopic (exact) mass is 274 g/mol. The molecule has 1 unspecified atom stereocenters. The summed E-state index contributed by atoms with van der Waals surface area (Å²) >= 11 is 0. The van der Waals surface area contributed by atoms with Crippen LogP contribution in [0.1, 0.15) is 18.9 Å². The molecule has 1 fully saturated rings. The molecular weight excluding hydrogens is 256 g/mol. The first-order valence-electron chi connectivity index (χ1n) is 6.56. The predicted molar refractivity (Wildman–Crippen MR) is 76.2 cm³/mol. The van der Waals surface area contributed by atoms with Crippen molar-refractivity contribution in [2.24, 2.45) is 5.10 Å². The molecule has 0 aromatic heterocycles. The lowest BCUT2D eigenvalue weighted by Crippen LogP contribution is -2.54. The lowest BCUT2D eigenvalue weighted by molar-refractivity contribution is -0.129. The fraction of sp³-hybridized carbons (Fsp3) is 0.357. The van der Waals surface area contributed by atoms with E-state index in [1.807, 2.05) is 37.3 Å². The third-order valence-corrected chi connectivity index (χ3v) is 3.06. The Balaban J connectivity index is 1.87. The van der Waals surface area contributed by atoms with E-state index in [4.69, 9.17) is 0 Å². The highest BCUT2D eigenvalue weighted by atomic mass is 16.2.